The highest BCUT2D eigenvalue weighted by Gasteiger charge is 2.22. The highest BCUT2D eigenvalue weighted by Crippen LogP contribution is 2.31. The molecule has 0 atom stereocenters. The SMILES string of the molecule is Cc1ccc2c(c1)c1c(n2CCNC(=O)c2ccc(F)cc2C)CCN(C)C1. The molecular weight excluding hydrogens is 353 g/mol. The Morgan fingerprint density at radius 3 is 2.79 bits per heavy atom. The Morgan fingerprint density at radius 2 is 2.00 bits per heavy atom. The zero-order valence-electron chi connectivity index (χ0n) is 16.7. The molecule has 0 unspecified atom stereocenters. The van der Waals surface area contributed by atoms with Crippen LogP contribution in [-0.2, 0) is 19.5 Å². The second kappa shape index (κ2) is 7.40. The first-order valence-corrected chi connectivity index (χ1v) is 9.77. The van der Waals surface area contributed by atoms with Crippen LogP contribution in [-0.4, -0.2) is 35.5 Å². The van der Waals surface area contributed by atoms with Gasteiger partial charge in [-0.3, -0.25) is 4.79 Å². The molecule has 1 amide bonds. The molecule has 2 heterocycles. The summed E-state index contributed by atoms with van der Waals surface area (Å²) in [4.78, 5) is 14.9. The number of nitrogens with one attached hydrogen (secondary N) is 1. The number of carbonyl (C=O) groups is 1. The number of nitrogens with zero attached hydrogens (tertiary/aromatic N) is 2. The predicted molar refractivity (Wildman–Crippen MR) is 110 cm³/mol. The van der Waals surface area contributed by atoms with Crippen molar-refractivity contribution >= 4 is 16.8 Å². The quantitative estimate of drug-likeness (QED) is 0.748. The lowest BCUT2D eigenvalue weighted by Gasteiger charge is -2.24. The number of hydrogen-bond donors (Lipinski definition) is 1. The van der Waals surface area contributed by atoms with Gasteiger partial charge < -0.3 is 14.8 Å². The van der Waals surface area contributed by atoms with E-state index in [2.05, 4.69) is 47.0 Å². The van der Waals surface area contributed by atoms with E-state index >= 15 is 0 Å². The van der Waals surface area contributed by atoms with Crippen molar-refractivity contribution < 1.29 is 9.18 Å². The smallest absolute Gasteiger partial charge is 0.251 e. The van der Waals surface area contributed by atoms with Crippen LogP contribution in [0.2, 0.25) is 0 Å². The van der Waals surface area contributed by atoms with Crippen LogP contribution in [0.15, 0.2) is 36.4 Å². The third-order valence-electron chi connectivity index (χ3n) is 5.65. The average molecular weight is 379 g/mol. The Hall–Kier alpha value is -2.66. The van der Waals surface area contributed by atoms with Crippen LogP contribution in [0.3, 0.4) is 0 Å². The van der Waals surface area contributed by atoms with Crippen LogP contribution in [0.5, 0.6) is 0 Å². The molecule has 4 nitrogen and oxygen atoms in total. The van der Waals surface area contributed by atoms with Gasteiger partial charge in [-0.25, -0.2) is 4.39 Å². The molecule has 0 bridgehead atoms. The van der Waals surface area contributed by atoms with E-state index < -0.39 is 0 Å². The van der Waals surface area contributed by atoms with Crippen LogP contribution in [0.4, 0.5) is 4.39 Å². The highest BCUT2D eigenvalue weighted by atomic mass is 19.1. The molecule has 4 rings (SSSR count). The van der Waals surface area contributed by atoms with E-state index in [0.717, 1.165) is 26.1 Å². The Labute approximate surface area is 165 Å². The van der Waals surface area contributed by atoms with E-state index in [1.54, 1.807) is 13.0 Å². The van der Waals surface area contributed by atoms with E-state index in [4.69, 9.17) is 0 Å². The number of carbonyl (C=O) groups excluding carboxylic acids is 1. The molecule has 1 aromatic heterocycles. The topological polar surface area (TPSA) is 37.3 Å². The normalized spacial score (nSPS) is 14.3. The van der Waals surface area contributed by atoms with Gasteiger partial charge in [-0.15, -0.1) is 0 Å². The maximum atomic E-state index is 13.3. The summed E-state index contributed by atoms with van der Waals surface area (Å²) in [6.07, 6.45) is 1.02. The van der Waals surface area contributed by atoms with Crippen molar-refractivity contribution in [1.82, 2.24) is 14.8 Å². The Bertz CT molecular complexity index is 1050. The number of likely N-dealkylation sites (N-methyl/N-ethyl adjacent to an activating group) is 1. The largest absolute Gasteiger partial charge is 0.350 e. The number of rotatable bonds is 4. The minimum absolute atomic E-state index is 0.154. The molecule has 1 aliphatic heterocycles. The first-order chi connectivity index (χ1) is 13.4. The number of aromatic nitrogens is 1. The van der Waals surface area contributed by atoms with Crippen molar-refractivity contribution in [3.63, 3.8) is 0 Å². The summed E-state index contributed by atoms with van der Waals surface area (Å²) in [7, 11) is 2.16. The van der Waals surface area contributed by atoms with Gasteiger partial charge in [0.1, 0.15) is 5.82 Å². The monoisotopic (exact) mass is 379 g/mol. The summed E-state index contributed by atoms with van der Waals surface area (Å²) >= 11 is 0. The van der Waals surface area contributed by atoms with E-state index in [9.17, 15) is 9.18 Å². The third-order valence-corrected chi connectivity index (χ3v) is 5.65. The number of amides is 1. The van der Waals surface area contributed by atoms with Gasteiger partial charge in [-0.2, -0.15) is 0 Å². The molecule has 5 heteroatoms. The molecule has 0 saturated carbocycles. The molecule has 0 fully saturated rings. The van der Waals surface area contributed by atoms with E-state index in [1.165, 1.54) is 39.9 Å². The van der Waals surface area contributed by atoms with Crippen molar-refractivity contribution in [2.45, 2.75) is 33.4 Å². The first-order valence-electron chi connectivity index (χ1n) is 9.77. The van der Waals surface area contributed by atoms with Crippen LogP contribution in [0, 0.1) is 19.7 Å². The standard InChI is InChI=1S/C23H26FN3O/c1-15-4-7-21-19(12-15)20-14-26(3)10-8-22(20)27(21)11-9-25-23(28)18-6-5-17(24)13-16(18)2/h4-7,12-13H,8-11,14H2,1-3H3,(H,25,28). The van der Waals surface area contributed by atoms with Crippen LogP contribution in [0.25, 0.3) is 10.9 Å². The number of hydrogen-bond acceptors (Lipinski definition) is 2. The van der Waals surface area contributed by atoms with Crippen LogP contribution in [0.1, 0.15) is 32.7 Å². The van der Waals surface area contributed by atoms with E-state index in [1.807, 2.05) is 0 Å². The molecule has 1 N–H and O–H groups in total. The Morgan fingerprint density at radius 1 is 1.18 bits per heavy atom. The highest BCUT2D eigenvalue weighted by molar-refractivity contribution is 5.95. The number of halogens is 1. The van der Waals surface area contributed by atoms with Crippen molar-refractivity contribution in [3.05, 3.63) is 70.2 Å². The molecule has 0 saturated heterocycles. The van der Waals surface area contributed by atoms with Crippen molar-refractivity contribution in [2.75, 3.05) is 20.1 Å². The van der Waals surface area contributed by atoms with Gasteiger partial charge >= 0.3 is 0 Å². The number of fused-ring (bicyclic) bond motifs is 3. The molecule has 1 aliphatic rings. The zero-order valence-corrected chi connectivity index (χ0v) is 16.7. The summed E-state index contributed by atoms with van der Waals surface area (Å²) in [5.41, 5.74) is 6.47. The summed E-state index contributed by atoms with van der Waals surface area (Å²) in [5.74, 6) is -0.474. The van der Waals surface area contributed by atoms with Gasteiger partial charge in [0.2, 0.25) is 0 Å². The fraction of sp³-hybridized carbons (Fsp3) is 0.348. The lowest BCUT2D eigenvalue weighted by atomic mass is 10.0. The fourth-order valence-electron chi connectivity index (χ4n) is 4.21. The minimum Gasteiger partial charge on any atom is -0.350 e. The average Bonchev–Trinajstić information content (AvgIpc) is 2.94. The molecular formula is C23H26FN3O. The second-order valence-corrected chi connectivity index (χ2v) is 7.80. The fourth-order valence-corrected chi connectivity index (χ4v) is 4.21. The Kier molecular flexibility index (Phi) is 4.94. The predicted octanol–water partition coefficient (Wildman–Crippen LogP) is 3.82. The zero-order chi connectivity index (χ0) is 19.8. The van der Waals surface area contributed by atoms with Gasteiger partial charge in [-0.05, 0) is 62.4 Å². The summed E-state index contributed by atoms with van der Waals surface area (Å²) in [5, 5.41) is 4.32. The van der Waals surface area contributed by atoms with Crippen LogP contribution >= 0.6 is 0 Å². The molecule has 0 spiro atoms. The van der Waals surface area contributed by atoms with Crippen molar-refractivity contribution in [1.29, 1.82) is 0 Å². The Balaban J connectivity index is 1.56. The maximum absolute atomic E-state index is 13.3. The minimum atomic E-state index is -0.320. The summed E-state index contributed by atoms with van der Waals surface area (Å²) in [6, 6.07) is 10.9. The summed E-state index contributed by atoms with van der Waals surface area (Å²) in [6.45, 7) is 7.15. The van der Waals surface area contributed by atoms with Crippen molar-refractivity contribution in [3.8, 4) is 0 Å². The van der Waals surface area contributed by atoms with Gasteiger partial charge in [0.05, 0.1) is 0 Å². The van der Waals surface area contributed by atoms with Gasteiger partial charge in [0.25, 0.3) is 5.91 Å². The van der Waals surface area contributed by atoms with Gasteiger partial charge in [0.15, 0.2) is 0 Å². The molecule has 2 aromatic carbocycles. The summed E-state index contributed by atoms with van der Waals surface area (Å²) < 4.78 is 15.6. The second-order valence-electron chi connectivity index (χ2n) is 7.80. The van der Waals surface area contributed by atoms with E-state index in [0.29, 0.717) is 17.7 Å². The van der Waals surface area contributed by atoms with E-state index in [-0.39, 0.29) is 11.7 Å². The molecule has 0 radical (unpaired) electrons. The molecule has 0 aliphatic carbocycles. The van der Waals surface area contributed by atoms with Gasteiger partial charge in [-0.1, -0.05) is 11.6 Å². The molecule has 146 valence electrons. The molecule has 3 aromatic rings. The van der Waals surface area contributed by atoms with Gasteiger partial charge in [0, 0.05) is 54.8 Å². The lowest BCUT2D eigenvalue weighted by molar-refractivity contribution is 0.0951. The van der Waals surface area contributed by atoms with Crippen molar-refractivity contribution in [2.24, 2.45) is 0 Å². The number of aryl methyl sites for hydroxylation is 2. The van der Waals surface area contributed by atoms with Crippen LogP contribution < -0.4 is 5.32 Å². The molecule has 28 heavy (non-hydrogen) atoms. The number of benzene rings is 2. The maximum Gasteiger partial charge on any atom is 0.251 e. The lowest BCUT2D eigenvalue weighted by Crippen LogP contribution is -2.30. The first kappa shape index (κ1) is 18.7. The third kappa shape index (κ3) is 3.42.